The van der Waals surface area contributed by atoms with Crippen molar-refractivity contribution in [3.05, 3.63) is 90.4 Å². The molecule has 4 N–H and O–H groups in total. The van der Waals surface area contributed by atoms with Gasteiger partial charge in [-0.1, -0.05) is 6.07 Å². The van der Waals surface area contributed by atoms with E-state index in [1.165, 1.54) is 0 Å². The highest BCUT2D eigenvalue weighted by atomic mass is 16.1. The van der Waals surface area contributed by atoms with E-state index in [0.717, 1.165) is 22.5 Å². The molecule has 0 bridgehead atoms. The third-order valence-corrected chi connectivity index (χ3v) is 4.53. The Hall–Kier alpha value is -4.26. The average molecular weight is 396 g/mol. The number of pyridine rings is 1. The molecule has 0 fully saturated rings. The average Bonchev–Trinajstić information content (AvgIpc) is 2.77. The molecule has 2 aromatic carbocycles. The maximum Gasteiger partial charge on any atom is 0.255 e. The van der Waals surface area contributed by atoms with E-state index >= 15 is 0 Å². The first-order valence-corrected chi connectivity index (χ1v) is 9.36. The second kappa shape index (κ2) is 8.40. The molecule has 0 saturated carbocycles. The first-order chi connectivity index (χ1) is 14.6. The summed E-state index contributed by atoms with van der Waals surface area (Å²) in [6.45, 7) is 1.97. The molecule has 4 rings (SSSR count). The molecule has 148 valence electrons. The van der Waals surface area contributed by atoms with E-state index in [2.05, 4.69) is 25.6 Å². The second-order valence-electron chi connectivity index (χ2n) is 6.74. The van der Waals surface area contributed by atoms with Gasteiger partial charge < -0.3 is 16.4 Å². The van der Waals surface area contributed by atoms with E-state index in [1.807, 2.05) is 43.3 Å². The lowest BCUT2D eigenvalue weighted by Crippen LogP contribution is -2.12. The molecule has 0 aliphatic rings. The van der Waals surface area contributed by atoms with Gasteiger partial charge in [0.1, 0.15) is 0 Å². The molecule has 7 heteroatoms. The zero-order valence-electron chi connectivity index (χ0n) is 16.3. The lowest BCUT2D eigenvalue weighted by atomic mass is 10.1. The van der Waals surface area contributed by atoms with Gasteiger partial charge in [0.2, 0.25) is 5.95 Å². The standard InChI is InChI=1S/C23H20N6O/c1-15-4-9-19(27-22(30)16-5-7-18(24)8-6-16)13-21(15)29-23-26-12-10-20(28-23)17-3-2-11-25-14-17/h2-14H,24H2,1H3,(H,27,30)(H,26,28,29). The zero-order valence-corrected chi connectivity index (χ0v) is 16.3. The summed E-state index contributed by atoms with van der Waals surface area (Å²) < 4.78 is 0. The van der Waals surface area contributed by atoms with Crippen molar-refractivity contribution in [2.24, 2.45) is 0 Å². The van der Waals surface area contributed by atoms with E-state index < -0.39 is 0 Å². The van der Waals surface area contributed by atoms with E-state index in [4.69, 9.17) is 5.73 Å². The Kier molecular flexibility index (Phi) is 5.34. The highest BCUT2D eigenvalue weighted by molar-refractivity contribution is 6.04. The minimum Gasteiger partial charge on any atom is -0.399 e. The number of benzene rings is 2. The molecule has 0 spiro atoms. The van der Waals surface area contributed by atoms with Crippen molar-refractivity contribution in [1.29, 1.82) is 0 Å². The predicted molar refractivity (Wildman–Crippen MR) is 119 cm³/mol. The van der Waals surface area contributed by atoms with Gasteiger partial charge >= 0.3 is 0 Å². The van der Waals surface area contributed by atoms with Gasteiger partial charge in [-0.15, -0.1) is 0 Å². The fraction of sp³-hybridized carbons (Fsp3) is 0.0435. The fourth-order valence-electron chi connectivity index (χ4n) is 2.89. The van der Waals surface area contributed by atoms with E-state index in [-0.39, 0.29) is 5.91 Å². The summed E-state index contributed by atoms with van der Waals surface area (Å²) in [5.41, 5.74) is 11.0. The maximum atomic E-state index is 12.5. The molecule has 2 aromatic heterocycles. The minimum absolute atomic E-state index is 0.209. The molecule has 7 nitrogen and oxygen atoms in total. The van der Waals surface area contributed by atoms with Gasteiger partial charge in [0, 0.05) is 46.8 Å². The number of aromatic nitrogens is 3. The molecule has 0 saturated heterocycles. The van der Waals surface area contributed by atoms with Crippen LogP contribution in [0, 0.1) is 6.92 Å². The number of hydrogen-bond acceptors (Lipinski definition) is 6. The Morgan fingerprint density at radius 2 is 1.83 bits per heavy atom. The van der Waals surface area contributed by atoms with Crippen molar-refractivity contribution in [1.82, 2.24) is 15.0 Å². The molecule has 0 aliphatic heterocycles. The molecule has 0 aliphatic carbocycles. The highest BCUT2D eigenvalue weighted by Crippen LogP contribution is 2.24. The van der Waals surface area contributed by atoms with Crippen molar-refractivity contribution in [3.63, 3.8) is 0 Å². The van der Waals surface area contributed by atoms with Crippen LogP contribution in [0.5, 0.6) is 0 Å². The number of nitrogens with one attached hydrogen (secondary N) is 2. The number of nitrogens with two attached hydrogens (primary N) is 1. The summed E-state index contributed by atoms with van der Waals surface area (Å²) in [5, 5.41) is 6.13. The lowest BCUT2D eigenvalue weighted by molar-refractivity contribution is 0.102. The summed E-state index contributed by atoms with van der Waals surface area (Å²) >= 11 is 0. The number of hydrogen-bond donors (Lipinski definition) is 3. The summed E-state index contributed by atoms with van der Waals surface area (Å²) in [6, 6.07) is 18.0. The number of amides is 1. The Morgan fingerprint density at radius 1 is 1.00 bits per heavy atom. The van der Waals surface area contributed by atoms with E-state index in [9.17, 15) is 4.79 Å². The number of aryl methyl sites for hydroxylation is 1. The molecule has 1 amide bonds. The van der Waals surface area contributed by atoms with Crippen molar-refractivity contribution in [2.75, 3.05) is 16.4 Å². The van der Waals surface area contributed by atoms with Crippen LogP contribution in [0.25, 0.3) is 11.3 Å². The molecular formula is C23H20N6O. The predicted octanol–water partition coefficient (Wildman–Crippen LogP) is 4.43. The van der Waals surface area contributed by atoms with Crippen LogP contribution in [0.3, 0.4) is 0 Å². The third-order valence-electron chi connectivity index (χ3n) is 4.53. The Morgan fingerprint density at radius 3 is 2.60 bits per heavy atom. The molecule has 30 heavy (non-hydrogen) atoms. The summed E-state index contributed by atoms with van der Waals surface area (Å²) in [7, 11) is 0. The minimum atomic E-state index is -0.209. The zero-order chi connectivity index (χ0) is 20.9. The summed E-state index contributed by atoms with van der Waals surface area (Å²) in [6.07, 6.45) is 5.17. The monoisotopic (exact) mass is 396 g/mol. The molecule has 0 radical (unpaired) electrons. The maximum absolute atomic E-state index is 12.5. The van der Waals surface area contributed by atoms with Crippen LogP contribution >= 0.6 is 0 Å². The largest absolute Gasteiger partial charge is 0.399 e. The smallest absolute Gasteiger partial charge is 0.255 e. The fourth-order valence-corrected chi connectivity index (χ4v) is 2.89. The first-order valence-electron chi connectivity index (χ1n) is 9.36. The van der Waals surface area contributed by atoms with Gasteiger partial charge in [0.15, 0.2) is 0 Å². The van der Waals surface area contributed by atoms with E-state index in [0.29, 0.717) is 22.9 Å². The van der Waals surface area contributed by atoms with Crippen LogP contribution in [0.4, 0.5) is 23.0 Å². The van der Waals surface area contributed by atoms with Crippen LogP contribution in [0.15, 0.2) is 79.3 Å². The summed E-state index contributed by atoms with van der Waals surface area (Å²) in [4.78, 5) is 25.5. The van der Waals surface area contributed by atoms with Crippen LogP contribution in [-0.4, -0.2) is 20.9 Å². The van der Waals surface area contributed by atoms with Crippen molar-refractivity contribution < 1.29 is 4.79 Å². The number of carbonyl (C=O) groups excluding carboxylic acids is 1. The van der Waals surface area contributed by atoms with Gasteiger partial charge in [0.25, 0.3) is 5.91 Å². The molecule has 0 unspecified atom stereocenters. The number of anilines is 4. The highest BCUT2D eigenvalue weighted by Gasteiger charge is 2.09. The van der Waals surface area contributed by atoms with E-state index in [1.54, 1.807) is 42.9 Å². The number of carbonyl (C=O) groups is 1. The number of nitrogens with zero attached hydrogens (tertiary/aromatic N) is 3. The van der Waals surface area contributed by atoms with Crippen molar-refractivity contribution in [2.45, 2.75) is 6.92 Å². The van der Waals surface area contributed by atoms with Gasteiger partial charge in [0.05, 0.1) is 5.69 Å². The SMILES string of the molecule is Cc1ccc(NC(=O)c2ccc(N)cc2)cc1Nc1nccc(-c2cccnc2)n1. The molecule has 2 heterocycles. The van der Waals surface area contributed by atoms with Gasteiger partial charge in [-0.2, -0.15) is 0 Å². The van der Waals surface area contributed by atoms with Gasteiger partial charge in [-0.25, -0.2) is 9.97 Å². The normalized spacial score (nSPS) is 10.4. The van der Waals surface area contributed by atoms with Crippen LogP contribution < -0.4 is 16.4 Å². The number of nitrogen functional groups attached to an aromatic ring is 1. The van der Waals surface area contributed by atoms with Gasteiger partial charge in [-0.3, -0.25) is 9.78 Å². The van der Waals surface area contributed by atoms with Crippen LogP contribution in [-0.2, 0) is 0 Å². The Bertz CT molecular complexity index is 1180. The second-order valence-corrected chi connectivity index (χ2v) is 6.74. The number of rotatable bonds is 5. The molecule has 4 aromatic rings. The molecule has 0 atom stereocenters. The quantitative estimate of drug-likeness (QED) is 0.431. The third kappa shape index (κ3) is 4.41. The Labute approximate surface area is 174 Å². The van der Waals surface area contributed by atoms with Crippen LogP contribution in [0.2, 0.25) is 0 Å². The molecular weight excluding hydrogens is 376 g/mol. The van der Waals surface area contributed by atoms with Crippen LogP contribution in [0.1, 0.15) is 15.9 Å². The van der Waals surface area contributed by atoms with Crippen molar-refractivity contribution in [3.8, 4) is 11.3 Å². The summed E-state index contributed by atoms with van der Waals surface area (Å²) in [5.74, 6) is 0.251. The Balaban J connectivity index is 1.54. The van der Waals surface area contributed by atoms with Gasteiger partial charge in [-0.05, 0) is 67.1 Å². The first kappa shape index (κ1) is 19.1. The van der Waals surface area contributed by atoms with Crippen molar-refractivity contribution >= 4 is 28.9 Å². The lowest BCUT2D eigenvalue weighted by Gasteiger charge is -2.12. The topological polar surface area (TPSA) is 106 Å².